The molecule has 0 aliphatic heterocycles. The van der Waals surface area contributed by atoms with Gasteiger partial charge in [-0.1, -0.05) is 36.4 Å². The molecule has 0 saturated heterocycles. The van der Waals surface area contributed by atoms with Crippen LogP contribution >= 0.6 is 0 Å². The zero-order chi connectivity index (χ0) is 10.7. The third-order valence-electron chi connectivity index (χ3n) is 2.47. The van der Waals surface area contributed by atoms with E-state index >= 15 is 0 Å². The van der Waals surface area contributed by atoms with Crippen LogP contribution in [0.1, 0.15) is 11.1 Å². The Labute approximate surface area is 89.5 Å². The summed E-state index contributed by atoms with van der Waals surface area (Å²) in [4.78, 5) is 0. The molecule has 0 amide bonds. The molecule has 0 spiro atoms. The Morgan fingerprint density at radius 2 is 1.33 bits per heavy atom. The molecular formula is C13H14N2. The fourth-order valence-electron chi connectivity index (χ4n) is 1.63. The number of anilines is 2. The molecule has 2 aromatic rings. The fraction of sp³-hybridized carbons (Fsp3) is 0.0769. The van der Waals surface area contributed by atoms with Crippen LogP contribution in [0.2, 0.25) is 0 Å². The summed E-state index contributed by atoms with van der Waals surface area (Å²) in [5, 5.41) is 0. The fourth-order valence-corrected chi connectivity index (χ4v) is 1.63. The molecule has 0 saturated carbocycles. The first-order chi connectivity index (χ1) is 7.27. The van der Waals surface area contributed by atoms with E-state index in [9.17, 15) is 0 Å². The number of nitrogen functional groups attached to an aromatic ring is 2. The minimum Gasteiger partial charge on any atom is -0.398 e. The Morgan fingerprint density at radius 1 is 0.733 bits per heavy atom. The van der Waals surface area contributed by atoms with Crippen LogP contribution in [-0.4, -0.2) is 0 Å². The Kier molecular flexibility index (Phi) is 2.59. The molecule has 0 radical (unpaired) electrons. The lowest BCUT2D eigenvalue weighted by atomic mass is 10.0. The van der Waals surface area contributed by atoms with Gasteiger partial charge in [0.2, 0.25) is 0 Å². The topological polar surface area (TPSA) is 52.0 Å². The van der Waals surface area contributed by atoms with Gasteiger partial charge in [-0.25, -0.2) is 0 Å². The Balaban J connectivity index is 2.32. The van der Waals surface area contributed by atoms with Crippen molar-refractivity contribution in [3.63, 3.8) is 0 Å². The molecule has 2 aromatic carbocycles. The van der Waals surface area contributed by atoms with Gasteiger partial charge in [-0.2, -0.15) is 0 Å². The maximum atomic E-state index is 5.89. The second-order valence-corrected chi connectivity index (χ2v) is 3.58. The van der Waals surface area contributed by atoms with Gasteiger partial charge in [-0.05, 0) is 17.7 Å². The number of rotatable bonds is 2. The van der Waals surface area contributed by atoms with Gasteiger partial charge >= 0.3 is 0 Å². The van der Waals surface area contributed by atoms with E-state index in [0.717, 1.165) is 23.4 Å². The lowest BCUT2D eigenvalue weighted by molar-refractivity contribution is 1.20. The van der Waals surface area contributed by atoms with E-state index in [-0.39, 0.29) is 0 Å². The number of hydrogen-bond acceptors (Lipinski definition) is 2. The Morgan fingerprint density at radius 3 is 1.93 bits per heavy atom. The van der Waals surface area contributed by atoms with Gasteiger partial charge in [0.15, 0.2) is 0 Å². The molecule has 0 unspecified atom stereocenters. The molecule has 0 heterocycles. The van der Waals surface area contributed by atoms with Gasteiger partial charge in [0, 0.05) is 23.4 Å². The largest absolute Gasteiger partial charge is 0.398 e. The molecule has 2 heteroatoms. The molecule has 76 valence electrons. The van der Waals surface area contributed by atoms with Crippen LogP contribution in [0.4, 0.5) is 11.4 Å². The molecule has 2 nitrogen and oxygen atoms in total. The maximum absolute atomic E-state index is 5.89. The van der Waals surface area contributed by atoms with Crippen molar-refractivity contribution >= 4 is 11.4 Å². The van der Waals surface area contributed by atoms with Crippen molar-refractivity contribution in [1.29, 1.82) is 0 Å². The summed E-state index contributed by atoms with van der Waals surface area (Å²) in [6.07, 6.45) is 0.791. The minimum atomic E-state index is 0.763. The van der Waals surface area contributed by atoms with Gasteiger partial charge < -0.3 is 11.5 Å². The zero-order valence-electron chi connectivity index (χ0n) is 8.48. The molecule has 15 heavy (non-hydrogen) atoms. The van der Waals surface area contributed by atoms with Gasteiger partial charge in [-0.15, -0.1) is 0 Å². The Bertz CT molecular complexity index is 429. The van der Waals surface area contributed by atoms with Crippen molar-refractivity contribution in [3.8, 4) is 0 Å². The zero-order valence-corrected chi connectivity index (χ0v) is 8.48. The normalized spacial score (nSPS) is 10.1. The summed E-state index contributed by atoms with van der Waals surface area (Å²) < 4.78 is 0. The summed E-state index contributed by atoms with van der Waals surface area (Å²) >= 11 is 0. The second-order valence-electron chi connectivity index (χ2n) is 3.58. The van der Waals surface area contributed by atoms with Crippen LogP contribution in [0.3, 0.4) is 0 Å². The second kappa shape index (κ2) is 4.05. The molecule has 2 rings (SSSR count). The van der Waals surface area contributed by atoms with Crippen molar-refractivity contribution in [1.82, 2.24) is 0 Å². The molecular weight excluding hydrogens is 184 g/mol. The van der Waals surface area contributed by atoms with Crippen LogP contribution < -0.4 is 11.5 Å². The number of benzene rings is 2. The van der Waals surface area contributed by atoms with Gasteiger partial charge in [0.05, 0.1) is 0 Å². The van der Waals surface area contributed by atoms with Crippen molar-refractivity contribution in [3.05, 3.63) is 59.7 Å². The Hall–Kier alpha value is -1.96. The summed E-state index contributed by atoms with van der Waals surface area (Å²) in [6.45, 7) is 0. The van der Waals surface area contributed by atoms with Gasteiger partial charge in [0.25, 0.3) is 0 Å². The summed E-state index contributed by atoms with van der Waals surface area (Å²) in [7, 11) is 0. The molecule has 0 aliphatic rings. The van der Waals surface area contributed by atoms with Crippen molar-refractivity contribution < 1.29 is 0 Å². The van der Waals surface area contributed by atoms with Crippen LogP contribution in [0.25, 0.3) is 0 Å². The van der Waals surface area contributed by atoms with Crippen LogP contribution in [-0.2, 0) is 6.42 Å². The van der Waals surface area contributed by atoms with E-state index in [1.807, 2.05) is 36.4 Å². The van der Waals surface area contributed by atoms with E-state index in [0.29, 0.717) is 0 Å². The number of hydrogen-bond donors (Lipinski definition) is 2. The summed E-state index contributed by atoms with van der Waals surface area (Å²) in [5.41, 5.74) is 15.5. The standard InChI is InChI=1S/C13H14N2/c14-12-7-4-8-13(15)11(12)9-10-5-2-1-3-6-10/h1-8H,9,14-15H2. The highest BCUT2D eigenvalue weighted by Gasteiger charge is 2.03. The van der Waals surface area contributed by atoms with Crippen molar-refractivity contribution in [2.45, 2.75) is 6.42 Å². The smallest absolute Gasteiger partial charge is 0.0370 e. The van der Waals surface area contributed by atoms with Gasteiger partial charge in [-0.3, -0.25) is 0 Å². The average Bonchev–Trinajstić information content (AvgIpc) is 2.25. The monoisotopic (exact) mass is 198 g/mol. The van der Waals surface area contributed by atoms with E-state index in [2.05, 4.69) is 12.1 Å². The maximum Gasteiger partial charge on any atom is 0.0370 e. The highest BCUT2D eigenvalue weighted by molar-refractivity contribution is 5.62. The summed E-state index contributed by atoms with van der Waals surface area (Å²) in [6, 6.07) is 15.8. The molecule has 0 aliphatic carbocycles. The SMILES string of the molecule is Nc1cccc(N)c1Cc1ccccc1. The first-order valence-corrected chi connectivity index (χ1v) is 4.94. The highest BCUT2D eigenvalue weighted by Crippen LogP contribution is 2.22. The van der Waals surface area contributed by atoms with Crippen molar-refractivity contribution in [2.24, 2.45) is 0 Å². The first kappa shape index (κ1) is 9.59. The summed E-state index contributed by atoms with van der Waals surface area (Å²) in [5.74, 6) is 0. The predicted octanol–water partition coefficient (Wildman–Crippen LogP) is 2.44. The predicted molar refractivity (Wildman–Crippen MR) is 64.5 cm³/mol. The van der Waals surface area contributed by atoms with E-state index < -0.39 is 0 Å². The third kappa shape index (κ3) is 2.10. The lowest BCUT2D eigenvalue weighted by Crippen LogP contribution is -2.00. The van der Waals surface area contributed by atoms with E-state index in [1.165, 1.54) is 5.56 Å². The van der Waals surface area contributed by atoms with Crippen molar-refractivity contribution in [2.75, 3.05) is 11.5 Å². The lowest BCUT2D eigenvalue weighted by Gasteiger charge is -2.08. The first-order valence-electron chi connectivity index (χ1n) is 4.94. The van der Waals surface area contributed by atoms with E-state index in [1.54, 1.807) is 0 Å². The van der Waals surface area contributed by atoms with Gasteiger partial charge in [0.1, 0.15) is 0 Å². The third-order valence-corrected chi connectivity index (χ3v) is 2.47. The van der Waals surface area contributed by atoms with Crippen LogP contribution in [0.5, 0.6) is 0 Å². The average molecular weight is 198 g/mol. The highest BCUT2D eigenvalue weighted by atomic mass is 14.6. The quantitative estimate of drug-likeness (QED) is 0.728. The van der Waals surface area contributed by atoms with Crippen LogP contribution in [0, 0.1) is 0 Å². The molecule has 4 N–H and O–H groups in total. The number of nitrogens with two attached hydrogens (primary N) is 2. The molecule has 0 aromatic heterocycles. The molecule has 0 atom stereocenters. The van der Waals surface area contributed by atoms with E-state index in [4.69, 9.17) is 11.5 Å². The molecule has 0 fully saturated rings. The minimum absolute atomic E-state index is 0.763. The van der Waals surface area contributed by atoms with Crippen LogP contribution in [0.15, 0.2) is 48.5 Å². The molecule has 0 bridgehead atoms.